The quantitative estimate of drug-likeness (QED) is 0.676. The first kappa shape index (κ1) is 18.2. The fourth-order valence-electron chi connectivity index (χ4n) is 2.39. The predicted molar refractivity (Wildman–Crippen MR) is 97.2 cm³/mol. The first-order valence-corrected chi connectivity index (χ1v) is 8.27. The van der Waals surface area contributed by atoms with Gasteiger partial charge in [-0.15, -0.1) is 0 Å². The van der Waals surface area contributed by atoms with Crippen molar-refractivity contribution in [1.82, 2.24) is 20.1 Å². The Balaban J connectivity index is 1.50. The molecular formula is C19H18FN5O2. The summed E-state index contributed by atoms with van der Waals surface area (Å²) in [6.07, 6.45) is 3.10. The van der Waals surface area contributed by atoms with Crippen molar-refractivity contribution < 1.29 is 14.0 Å². The molecule has 3 rings (SSSR count). The molecule has 0 aliphatic carbocycles. The van der Waals surface area contributed by atoms with Gasteiger partial charge < -0.3 is 10.6 Å². The maximum absolute atomic E-state index is 13.5. The molecule has 0 spiro atoms. The van der Waals surface area contributed by atoms with E-state index < -0.39 is 17.6 Å². The Morgan fingerprint density at radius 1 is 1.07 bits per heavy atom. The number of hydrogen-bond acceptors (Lipinski definition) is 4. The van der Waals surface area contributed by atoms with E-state index in [0.29, 0.717) is 12.1 Å². The molecular weight excluding hydrogens is 349 g/mol. The molecule has 0 fully saturated rings. The van der Waals surface area contributed by atoms with Gasteiger partial charge in [0.15, 0.2) is 0 Å². The van der Waals surface area contributed by atoms with E-state index in [-0.39, 0.29) is 12.2 Å². The molecule has 1 aromatic heterocycles. The van der Waals surface area contributed by atoms with Crippen LogP contribution in [0.5, 0.6) is 0 Å². The number of amides is 2. The highest BCUT2D eigenvalue weighted by molar-refractivity contribution is 6.39. The van der Waals surface area contributed by atoms with E-state index in [2.05, 4.69) is 20.7 Å². The van der Waals surface area contributed by atoms with Crippen LogP contribution in [0.3, 0.4) is 0 Å². The Morgan fingerprint density at radius 2 is 1.81 bits per heavy atom. The number of aryl methyl sites for hydroxylation is 1. The third kappa shape index (κ3) is 4.97. The van der Waals surface area contributed by atoms with Crippen LogP contribution in [-0.4, -0.2) is 26.6 Å². The number of halogens is 1. The highest BCUT2D eigenvalue weighted by Crippen LogP contribution is 2.13. The molecule has 0 radical (unpaired) electrons. The molecule has 3 aromatic rings. The first-order valence-electron chi connectivity index (χ1n) is 8.27. The summed E-state index contributed by atoms with van der Waals surface area (Å²) in [6.45, 7) is 2.42. The molecule has 0 unspecified atom stereocenters. The topological polar surface area (TPSA) is 88.9 Å². The van der Waals surface area contributed by atoms with Crippen LogP contribution in [0.1, 0.15) is 16.7 Å². The smallest absolute Gasteiger partial charge is 0.313 e. The zero-order valence-electron chi connectivity index (χ0n) is 14.6. The Hall–Kier alpha value is -3.55. The number of aromatic nitrogens is 3. The lowest BCUT2D eigenvalue weighted by atomic mass is 10.1. The zero-order valence-corrected chi connectivity index (χ0v) is 14.6. The maximum atomic E-state index is 13.5. The minimum atomic E-state index is -0.846. The van der Waals surface area contributed by atoms with E-state index in [1.807, 2.05) is 24.3 Å². The van der Waals surface area contributed by atoms with Crippen LogP contribution in [0.2, 0.25) is 0 Å². The number of anilines is 1. The number of rotatable bonds is 5. The van der Waals surface area contributed by atoms with Crippen LogP contribution in [0.4, 0.5) is 10.1 Å². The minimum Gasteiger partial charge on any atom is -0.344 e. The van der Waals surface area contributed by atoms with Crippen molar-refractivity contribution in [3.05, 3.63) is 77.6 Å². The fourth-order valence-corrected chi connectivity index (χ4v) is 2.39. The van der Waals surface area contributed by atoms with Gasteiger partial charge in [0.05, 0.1) is 6.54 Å². The van der Waals surface area contributed by atoms with Crippen molar-refractivity contribution >= 4 is 17.5 Å². The second kappa shape index (κ2) is 8.22. The average molecular weight is 367 g/mol. The Morgan fingerprint density at radius 3 is 2.48 bits per heavy atom. The molecule has 0 saturated carbocycles. The maximum Gasteiger partial charge on any atom is 0.313 e. The van der Waals surface area contributed by atoms with E-state index in [1.54, 1.807) is 17.9 Å². The van der Waals surface area contributed by atoms with Gasteiger partial charge in [-0.05, 0) is 35.7 Å². The summed E-state index contributed by atoms with van der Waals surface area (Å²) in [5.41, 5.74) is 2.58. The molecule has 138 valence electrons. The largest absolute Gasteiger partial charge is 0.344 e. The van der Waals surface area contributed by atoms with Gasteiger partial charge in [0.1, 0.15) is 18.5 Å². The van der Waals surface area contributed by atoms with Crippen LogP contribution < -0.4 is 10.6 Å². The molecule has 2 aromatic carbocycles. The summed E-state index contributed by atoms with van der Waals surface area (Å²) in [4.78, 5) is 27.7. The Bertz CT molecular complexity index is 939. The Kier molecular flexibility index (Phi) is 5.55. The number of benzene rings is 2. The van der Waals surface area contributed by atoms with Gasteiger partial charge in [-0.1, -0.05) is 30.3 Å². The summed E-state index contributed by atoms with van der Waals surface area (Å²) in [5.74, 6) is -2.08. The summed E-state index contributed by atoms with van der Waals surface area (Å²) < 4.78 is 15.2. The normalized spacial score (nSPS) is 10.4. The van der Waals surface area contributed by atoms with Crippen LogP contribution in [0.25, 0.3) is 0 Å². The molecule has 27 heavy (non-hydrogen) atoms. The van der Waals surface area contributed by atoms with Crippen molar-refractivity contribution in [3.8, 4) is 0 Å². The first-order chi connectivity index (χ1) is 13.0. The second-order valence-electron chi connectivity index (χ2n) is 6.01. The van der Waals surface area contributed by atoms with Gasteiger partial charge >= 0.3 is 11.8 Å². The molecule has 0 saturated heterocycles. The lowest BCUT2D eigenvalue weighted by Gasteiger charge is -2.08. The average Bonchev–Trinajstić information content (AvgIpc) is 3.17. The van der Waals surface area contributed by atoms with Gasteiger partial charge in [-0.3, -0.25) is 9.59 Å². The molecule has 0 aliphatic heterocycles. The molecule has 1 heterocycles. The highest BCUT2D eigenvalue weighted by atomic mass is 19.1. The van der Waals surface area contributed by atoms with E-state index in [4.69, 9.17) is 0 Å². The van der Waals surface area contributed by atoms with Crippen molar-refractivity contribution in [2.24, 2.45) is 0 Å². The van der Waals surface area contributed by atoms with Crippen molar-refractivity contribution in [1.29, 1.82) is 0 Å². The second-order valence-corrected chi connectivity index (χ2v) is 6.01. The standard InChI is InChI=1S/C19H18FN5O2/c1-13-2-7-16(8-17(13)20)24-19(27)18(26)22-9-14-3-5-15(6-4-14)10-25-12-21-11-23-25/h2-8,11-12H,9-10H2,1H3,(H,22,26)(H,24,27). The minimum absolute atomic E-state index is 0.206. The SMILES string of the molecule is Cc1ccc(NC(=O)C(=O)NCc2ccc(Cn3cncn3)cc2)cc1F. The summed E-state index contributed by atoms with van der Waals surface area (Å²) in [5, 5.41) is 8.95. The molecule has 8 heteroatoms. The van der Waals surface area contributed by atoms with E-state index in [0.717, 1.165) is 11.1 Å². The lowest BCUT2D eigenvalue weighted by Crippen LogP contribution is -2.35. The molecule has 7 nitrogen and oxygen atoms in total. The van der Waals surface area contributed by atoms with Crippen LogP contribution in [0.15, 0.2) is 55.1 Å². The van der Waals surface area contributed by atoms with E-state index >= 15 is 0 Å². The van der Waals surface area contributed by atoms with Crippen LogP contribution in [-0.2, 0) is 22.7 Å². The van der Waals surface area contributed by atoms with Crippen molar-refractivity contribution in [2.75, 3.05) is 5.32 Å². The van der Waals surface area contributed by atoms with Crippen molar-refractivity contribution in [3.63, 3.8) is 0 Å². The number of carbonyl (C=O) groups is 2. The Labute approximate surface area is 155 Å². The summed E-state index contributed by atoms with van der Waals surface area (Å²) in [7, 11) is 0. The van der Waals surface area contributed by atoms with E-state index in [1.165, 1.54) is 24.5 Å². The number of carbonyl (C=O) groups excluding carboxylic acids is 2. The van der Waals surface area contributed by atoms with Gasteiger partial charge in [-0.2, -0.15) is 5.10 Å². The van der Waals surface area contributed by atoms with E-state index in [9.17, 15) is 14.0 Å². The number of nitrogens with zero attached hydrogens (tertiary/aromatic N) is 3. The van der Waals surface area contributed by atoms with Crippen molar-refractivity contribution in [2.45, 2.75) is 20.0 Å². The molecule has 2 amide bonds. The number of nitrogens with one attached hydrogen (secondary N) is 2. The van der Waals surface area contributed by atoms with Gasteiger partial charge in [0.2, 0.25) is 0 Å². The predicted octanol–water partition coefficient (Wildman–Crippen LogP) is 2.03. The molecule has 2 N–H and O–H groups in total. The fraction of sp³-hybridized carbons (Fsp3) is 0.158. The van der Waals surface area contributed by atoms with Crippen LogP contribution >= 0.6 is 0 Å². The zero-order chi connectivity index (χ0) is 19.2. The molecule has 0 bridgehead atoms. The third-order valence-electron chi connectivity index (χ3n) is 3.92. The summed E-state index contributed by atoms with van der Waals surface area (Å²) in [6, 6.07) is 11.8. The lowest BCUT2D eigenvalue weighted by molar-refractivity contribution is -0.136. The number of hydrogen-bond donors (Lipinski definition) is 2. The third-order valence-corrected chi connectivity index (χ3v) is 3.92. The molecule has 0 aliphatic rings. The van der Waals surface area contributed by atoms with Gasteiger partial charge in [-0.25, -0.2) is 14.1 Å². The van der Waals surface area contributed by atoms with Crippen LogP contribution in [0, 0.1) is 12.7 Å². The van der Waals surface area contributed by atoms with Gasteiger partial charge in [0.25, 0.3) is 0 Å². The van der Waals surface area contributed by atoms with Gasteiger partial charge in [0, 0.05) is 12.2 Å². The highest BCUT2D eigenvalue weighted by Gasteiger charge is 2.14. The monoisotopic (exact) mass is 367 g/mol. The summed E-state index contributed by atoms with van der Waals surface area (Å²) >= 11 is 0. The molecule has 0 atom stereocenters.